The summed E-state index contributed by atoms with van der Waals surface area (Å²) >= 11 is 0. The van der Waals surface area contributed by atoms with Crippen LogP contribution >= 0.6 is 0 Å². The Kier molecular flexibility index (Phi) is 2.09. The SMILES string of the molecule is C=C1CCCN1c1ccccc1C. The van der Waals surface area contributed by atoms with Gasteiger partial charge in [0.2, 0.25) is 0 Å². The van der Waals surface area contributed by atoms with Gasteiger partial charge < -0.3 is 4.90 Å². The lowest BCUT2D eigenvalue weighted by molar-refractivity contribution is 0.954. The van der Waals surface area contributed by atoms with Gasteiger partial charge in [-0.05, 0) is 31.4 Å². The Labute approximate surface area is 79.7 Å². The maximum Gasteiger partial charge on any atom is 0.0437 e. The van der Waals surface area contributed by atoms with Gasteiger partial charge in [0, 0.05) is 17.9 Å². The van der Waals surface area contributed by atoms with E-state index in [0.717, 1.165) is 13.0 Å². The molecule has 1 aliphatic rings. The van der Waals surface area contributed by atoms with Crippen LogP contribution in [-0.4, -0.2) is 6.54 Å². The Hall–Kier alpha value is -1.24. The van der Waals surface area contributed by atoms with Crippen LogP contribution < -0.4 is 4.90 Å². The zero-order valence-electron chi connectivity index (χ0n) is 8.09. The molecule has 0 aromatic heterocycles. The Morgan fingerprint density at radius 3 is 2.69 bits per heavy atom. The number of anilines is 1. The summed E-state index contributed by atoms with van der Waals surface area (Å²) in [4.78, 5) is 2.33. The van der Waals surface area contributed by atoms with Crippen molar-refractivity contribution in [3.8, 4) is 0 Å². The van der Waals surface area contributed by atoms with Crippen LogP contribution in [0.25, 0.3) is 0 Å². The van der Waals surface area contributed by atoms with Gasteiger partial charge in [-0.3, -0.25) is 0 Å². The molecule has 2 rings (SSSR count). The zero-order valence-corrected chi connectivity index (χ0v) is 8.09. The van der Waals surface area contributed by atoms with E-state index in [0.29, 0.717) is 0 Å². The van der Waals surface area contributed by atoms with E-state index in [-0.39, 0.29) is 0 Å². The number of aryl methyl sites for hydroxylation is 1. The largest absolute Gasteiger partial charge is 0.345 e. The third kappa shape index (κ3) is 1.46. The highest BCUT2D eigenvalue weighted by Crippen LogP contribution is 2.29. The molecule has 0 atom stereocenters. The minimum Gasteiger partial charge on any atom is -0.345 e. The minimum absolute atomic E-state index is 1.13. The molecule has 1 saturated heterocycles. The van der Waals surface area contributed by atoms with Crippen molar-refractivity contribution in [2.24, 2.45) is 0 Å². The maximum atomic E-state index is 4.08. The number of hydrogen-bond acceptors (Lipinski definition) is 1. The molecule has 68 valence electrons. The van der Waals surface area contributed by atoms with Crippen LogP contribution in [0, 0.1) is 6.92 Å². The van der Waals surface area contributed by atoms with Gasteiger partial charge in [0.15, 0.2) is 0 Å². The number of benzene rings is 1. The van der Waals surface area contributed by atoms with Crippen LogP contribution in [0.1, 0.15) is 18.4 Å². The second kappa shape index (κ2) is 3.25. The first-order valence-electron chi connectivity index (χ1n) is 4.80. The van der Waals surface area contributed by atoms with Gasteiger partial charge in [-0.2, -0.15) is 0 Å². The Morgan fingerprint density at radius 2 is 2.08 bits per heavy atom. The standard InChI is InChI=1S/C12H15N/c1-10-6-3-4-8-12(10)13-9-5-7-11(13)2/h3-4,6,8H,2,5,7,9H2,1H3. The van der Waals surface area contributed by atoms with Crippen LogP contribution in [-0.2, 0) is 0 Å². The molecule has 1 fully saturated rings. The molecule has 0 saturated carbocycles. The van der Waals surface area contributed by atoms with Crippen molar-refractivity contribution >= 4 is 5.69 Å². The van der Waals surface area contributed by atoms with Crippen molar-refractivity contribution in [1.82, 2.24) is 0 Å². The molecule has 0 N–H and O–H groups in total. The number of nitrogens with zero attached hydrogens (tertiary/aromatic N) is 1. The molecular weight excluding hydrogens is 158 g/mol. The highest BCUT2D eigenvalue weighted by Gasteiger charge is 2.17. The van der Waals surface area contributed by atoms with Gasteiger partial charge in [-0.25, -0.2) is 0 Å². The molecule has 1 aromatic rings. The summed E-state index contributed by atoms with van der Waals surface area (Å²) in [5.74, 6) is 0. The van der Waals surface area contributed by atoms with E-state index in [2.05, 4.69) is 42.7 Å². The lowest BCUT2D eigenvalue weighted by Gasteiger charge is -2.21. The van der Waals surface area contributed by atoms with Gasteiger partial charge in [0.05, 0.1) is 0 Å². The molecule has 0 unspecified atom stereocenters. The van der Waals surface area contributed by atoms with Crippen LogP contribution in [0.4, 0.5) is 5.69 Å². The first-order chi connectivity index (χ1) is 6.29. The van der Waals surface area contributed by atoms with E-state index in [1.165, 1.54) is 23.4 Å². The van der Waals surface area contributed by atoms with E-state index in [1.807, 2.05) is 0 Å². The van der Waals surface area contributed by atoms with E-state index in [9.17, 15) is 0 Å². The number of hydrogen-bond donors (Lipinski definition) is 0. The second-order valence-electron chi connectivity index (χ2n) is 3.61. The fourth-order valence-corrected chi connectivity index (χ4v) is 1.89. The van der Waals surface area contributed by atoms with Gasteiger partial charge in [0.1, 0.15) is 0 Å². The summed E-state index contributed by atoms with van der Waals surface area (Å²) in [6.07, 6.45) is 2.39. The summed E-state index contributed by atoms with van der Waals surface area (Å²) in [6, 6.07) is 8.50. The Bertz CT molecular complexity index is 328. The van der Waals surface area contributed by atoms with Crippen LogP contribution in [0.15, 0.2) is 36.5 Å². The highest BCUT2D eigenvalue weighted by molar-refractivity contribution is 5.58. The van der Waals surface area contributed by atoms with Crippen LogP contribution in [0.3, 0.4) is 0 Å². The third-order valence-electron chi connectivity index (χ3n) is 2.64. The first kappa shape index (κ1) is 8.36. The smallest absolute Gasteiger partial charge is 0.0437 e. The summed E-state index contributed by atoms with van der Waals surface area (Å²) in [6.45, 7) is 7.36. The lowest BCUT2D eigenvalue weighted by Crippen LogP contribution is -2.16. The molecule has 0 bridgehead atoms. The van der Waals surface area contributed by atoms with Crippen molar-refractivity contribution in [2.45, 2.75) is 19.8 Å². The molecular formula is C12H15N. The number of rotatable bonds is 1. The Balaban J connectivity index is 2.34. The molecule has 1 aromatic carbocycles. The monoisotopic (exact) mass is 173 g/mol. The first-order valence-corrected chi connectivity index (χ1v) is 4.80. The molecule has 13 heavy (non-hydrogen) atoms. The van der Waals surface area contributed by atoms with Crippen molar-refractivity contribution in [3.05, 3.63) is 42.1 Å². The van der Waals surface area contributed by atoms with Crippen molar-refractivity contribution in [1.29, 1.82) is 0 Å². The summed E-state index contributed by atoms with van der Waals surface area (Å²) in [5, 5.41) is 0. The van der Waals surface area contributed by atoms with Crippen LogP contribution in [0.5, 0.6) is 0 Å². The van der Waals surface area contributed by atoms with E-state index in [1.54, 1.807) is 0 Å². The van der Waals surface area contributed by atoms with E-state index in [4.69, 9.17) is 0 Å². The topological polar surface area (TPSA) is 3.24 Å². The minimum atomic E-state index is 1.13. The second-order valence-corrected chi connectivity index (χ2v) is 3.61. The predicted octanol–water partition coefficient (Wildman–Crippen LogP) is 3.11. The van der Waals surface area contributed by atoms with Crippen molar-refractivity contribution < 1.29 is 0 Å². The molecule has 0 aliphatic carbocycles. The van der Waals surface area contributed by atoms with Gasteiger partial charge in [0.25, 0.3) is 0 Å². The predicted molar refractivity (Wildman–Crippen MR) is 56.9 cm³/mol. The quantitative estimate of drug-likeness (QED) is 0.630. The lowest BCUT2D eigenvalue weighted by atomic mass is 10.2. The average molecular weight is 173 g/mol. The Morgan fingerprint density at radius 1 is 1.31 bits per heavy atom. The highest BCUT2D eigenvalue weighted by atomic mass is 15.2. The summed E-state index contributed by atoms with van der Waals surface area (Å²) in [7, 11) is 0. The summed E-state index contributed by atoms with van der Waals surface area (Å²) in [5.41, 5.74) is 3.92. The zero-order chi connectivity index (χ0) is 9.26. The molecule has 1 heterocycles. The fourth-order valence-electron chi connectivity index (χ4n) is 1.89. The fraction of sp³-hybridized carbons (Fsp3) is 0.333. The molecule has 0 radical (unpaired) electrons. The molecule has 0 spiro atoms. The molecule has 1 nitrogen and oxygen atoms in total. The normalized spacial score (nSPS) is 16.7. The van der Waals surface area contributed by atoms with E-state index >= 15 is 0 Å². The number of allylic oxidation sites excluding steroid dienone is 1. The molecule has 1 heteroatoms. The third-order valence-corrected chi connectivity index (χ3v) is 2.64. The van der Waals surface area contributed by atoms with Gasteiger partial charge in [-0.1, -0.05) is 24.8 Å². The van der Waals surface area contributed by atoms with Gasteiger partial charge in [-0.15, -0.1) is 0 Å². The molecule has 1 aliphatic heterocycles. The van der Waals surface area contributed by atoms with Crippen molar-refractivity contribution in [2.75, 3.05) is 11.4 Å². The average Bonchev–Trinajstić information content (AvgIpc) is 2.52. The maximum absolute atomic E-state index is 4.08. The van der Waals surface area contributed by atoms with Gasteiger partial charge >= 0.3 is 0 Å². The van der Waals surface area contributed by atoms with Crippen LogP contribution in [0.2, 0.25) is 0 Å². The number of para-hydroxylation sites is 1. The van der Waals surface area contributed by atoms with Crippen molar-refractivity contribution in [3.63, 3.8) is 0 Å². The molecule has 0 amide bonds. The summed E-state index contributed by atoms with van der Waals surface area (Å²) < 4.78 is 0. The van der Waals surface area contributed by atoms with E-state index < -0.39 is 0 Å².